The topological polar surface area (TPSA) is 41.1 Å². The minimum atomic E-state index is 0.0141. The average Bonchev–Trinajstić information content (AvgIpc) is 2.19. The van der Waals surface area contributed by atoms with Crippen molar-refractivity contribution in [2.24, 2.45) is 0 Å². The molecule has 1 amide bonds. The second-order valence-electron chi connectivity index (χ2n) is 3.15. The molecule has 1 saturated heterocycles. The number of carbonyl (C=O) groups is 1. The van der Waals surface area contributed by atoms with E-state index in [0.717, 1.165) is 18.7 Å². The standard InChI is InChI=1S/C10H12N2O.ClH.Ru/c13-10(9-6-7-11-9)12-8-4-2-1-3-5-8;;/h1-5,9,11H,6-7H2,(H,12,13);1H;/q;;+1/p-1/t9-;;/m0../s1. The Morgan fingerprint density at radius 1 is 1.40 bits per heavy atom. The predicted octanol–water partition coefficient (Wildman–Crippen LogP) is 1.67. The molecule has 2 N–H and O–H groups in total. The van der Waals surface area contributed by atoms with Gasteiger partial charge in [0.15, 0.2) is 0 Å². The summed E-state index contributed by atoms with van der Waals surface area (Å²) in [5.74, 6) is 0.0671. The van der Waals surface area contributed by atoms with Crippen LogP contribution in [-0.4, -0.2) is 18.5 Å². The van der Waals surface area contributed by atoms with E-state index in [1.807, 2.05) is 47.6 Å². The number of halogens is 1. The number of rotatable bonds is 2. The van der Waals surface area contributed by atoms with Crippen LogP contribution in [0.2, 0.25) is 0 Å². The second-order valence-corrected chi connectivity index (χ2v) is 3.15. The first-order valence-corrected chi connectivity index (χ1v) is 6.83. The normalized spacial score (nSPS) is 18.1. The van der Waals surface area contributed by atoms with Gasteiger partial charge in [-0.2, -0.15) is 0 Å². The fourth-order valence-electron chi connectivity index (χ4n) is 1.26. The van der Waals surface area contributed by atoms with Crippen molar-refractivity contribution >= 4 is 21.3 Å². The van der Waals surface area contributed by atoms with Crippen LogP contribution in [0.1, 0.15) is 6.42 Å². The van der Waals surface area contributed by atoms with Crippen molar-refractivity contribution < 1.29 is 22.1 Å². The number of hydrogen-bond donors (Lipinski definition) is 2. The Balaban J connectivity index is 0.000000531. The molecule has 0 unspecified atom stereocenters. The van der Waals surface area contributed by atoms with Gasteiger partial charge in [0.1, 0.15) is 0 Å². The van der Waals surface area contributed by atoms with Gasteiger partial charge in [0, 0.05) is 5.69 Å². The summed E-state index contributed by atoms with van der Waals surface area (Å²) < 4.78 is 0. The van der Waals surface area contributed by atoms with Gasteiger partial charge in [-0.15, -0.1) is 0 Å². The van der Waals surface area contributed by atoms with Crippen LogP contribution in [-0.2, 0) is 22.1 Å². The molecule has 3 nitrogen and oxygen atoms in total. The summed E-state index contributed by atoms with van der Waals surface area (Å²) in [6.45, 7) is 0.951. The van der Waals surface area contributed by atoms with Gasteiger partial charge < -0.3 is 10.6 Å². The first-order chi connectivity index (χ1) is 7.36. The van der Waals surface area contributed by atoms with Crippen molar-refractivity contribution in [1.82, 2.24) is 5.32 Å². The van der Waals surface area contributed by atoms with E-state index in [-0.39, 0.29) is 11.9 Å². The van der Waals surface area contributed by atoms with E-state index in [4.69, 9.17) is 0 Å². The molecule has 83 valence electrons. The molecule has 0 aliphatic carbocycles. The van der Waals surface area contributed by atoms with Crippen molar-refractivity contribution in [3.63, 3.8) is 0 Å². The van der Waals surface area contributed by atoms with Gasteiger partial charge in [-0.25, -0.2) is 0 Å². The number of nitrogens with one attached hydrogen (secondary N) is 2. The van der Waals surface area contributed by atoms with E-state index < -0.39 is 0 Å². The monoisotopic (exact) mass is 313 g/mol. The van der Waals surface area contributed by atoms with E-state index in [9.17, 15) is 4.79 Å². The Morgan fingerprint density at radius 3 is 2.47 bits per heavy atom. The average molecular weight is 313 g/mol. The SMILES string of the molecule is O=C(Nc1ccccc1)[C@@H]1CCN1.[Cl][Ru]. The van der Waals surface area contributed by atoms with Crippen LogP contribution in [0.25, 0.3) is 0 Å². The van der Waals surface area contributed by atoms with Crippen LogP contribution < -0.4 is 10.6 Å². The molecule has 0 spiro atoms. The molecule has 1 fully saturated rings. The number of amides is 1. The van der Waals surface area contributed by atoms with Gasteiger partial charge in [0.2, 0.25) is 5.91 Å². The minimum absolute atomic E-state index is 0.0141. The van der Waals surface area contributed by atoms with Crippen molar-refractivity contribution in [1.29, 1.82) is 0 Å². The summed E-state index contributed by atoms with van der Waals surface area (Å²) in [6.07, 6.45) is 0.943. The quantitative estimate of drug-likeness (QED) is 0.816. The van der Waals surface area contributed by atoms with E-state index in [2.05, 4.69) is 20.3 Å². The summed E-state index contributed by atoms with van der Waals surface area (Å²) in [5.41, 5.74) is 0.862. The van der Waals surface area contributed by atoms with Gasteiger partial charge in [-0.1, -0.05) is 18.2 Å². The Kier molecular flexibility index (Phi) is 5.84. The van der Waals surface area contributed by atoms with Crippen LogP contribution >= 0.6 is 9.69 Å². The fraction of sp³-hybridized carbons (Fsp3) is 0.300. The van der Waals surface area contributed by atoms with Crippen LogP contribution in [0.5, 0.6) is 0 Å². The van der Waals surface area contributed by atoms with Crippen LogP contribution in [0.3, 0.4) is 0 Å². The molecule has 2 rings (SSSR count). The van der Waals surface area contributed by atoms with Crippen molar-refractivity contribution in [3.05, 3.63) is 30.3 Å². The fourth-order valence-corrected chi connectivity index (χ4v) is 1.26. The zero-order valence-electron chi connectivity index (χ0n) is 8.02. The molecule has 0 aromatic heterocycles. The molecule has 15 heavy (non-hydrogen) atoms. The predicted molar refractivity (Wildman–Crippen MR) is 57.3 cm³/mol. The third-order valence-corrected chi connectivity index (χ3v) is 2.18. The Morgan fingerprint density at radius 2 is 2.00 bits per heavy atom. The number of benzene rings is 1. The first kappa shape index (κ1) is 12.6. The molecule has 1 aliphatic rings. The molecule has 1 aromatic rings. The van der Waals surface area contributed by atoms with E-state index in [0.29, 0.717) is 0 Å². The summed E-state index contributed by atoms with van der Waals surface area (Å²) in [4.78, 5) is 11.4. The third kappa shape index (κ3) is 3.90. The number of hydrogen-bond acceptors (Lipinski definition) is 2. The second kappa shape index (κ2) is 6.94. The molecular weight excluding hydrogens is 301 g/mol. The maximum atomic E-state index is 11.4. The Labute approximate surface area is 103 Å². The number of para-hydroxylation sites is 1. The molecular formula is C10H12ClN2ORu. The first-order valence-electron chi connectivity index (χ1n) is 4.59. The van der Waals surface area contributed by atoms with Crippen molar-refractivity contribution in [2.75, 3.05) is 11.9 Å². The van der Waals surface area contributed by atoms with Crippen LogP contribution in [0.15, 0.2) is 30.3 Å². The van der Waals surface area contributed by atoms with Gasteiger partial charge in [-0.05, 0) is 25.1 Å². The zero-order valence-corrected chi connectivity index (χ0v) is 10.5. The summed E-state index contributed by atoms with van der Waals surface area (Å²) in [6, 6.07) is 9.53. The van der Waals surface area contributed by atoms with E-state index in [1.54, 1.807) is 0 Å². The number of carbonyl (C=O) groups excluding carboxylic acids is 1. The molecule has 0 saturated carbocycles. The summed E-state index contributed by atoms with van der Waals surface area (Å²) >= 11 is 1.82. The van der Waals surface area contributed by atoms with Crippen molar-refractivity contribution in [2.45, 2.75) is 12.5 Å². The zero-order chi connectivity index (χ0) is 11.1. The van der Waals surface area contributed by atoms with E-state index in [1.165, 1.54) is 0 Å². The van der Waals surface area contributed by atoms with Gasteiger partial charge in [0.25, 0.3) is 0 Å². The summed E-state index contributed by atoms with van der Waals surface area (Å²) in [7, 11) is 4.57. The molecule has 1 heterocycles. The number of anilines is 1. The van der Waals surface area contributed by atoms with Gasteiger partial charge >= 0.3 is 27.0 Å². The van der Waals surface area contributed by atoms with Crippen LogP contribution in [0, 0.1) is 0 Å². The van der Waals surface area contributed by atoms with Gasteiger partial charge in [-0.3, -0.25) is 4.79 Å². The molecule has 5 heteroatoms. The molecule has 0 radical (unpaired) electrons. The van der Waals surface area contributed by atoms with Crippen LogP contribution in [0.4, 0.5) is 5.69 Å². The third-order valence-electron chi connectivity index (χ3n) is 2.18. The van der Waals surface area contributed by atoms with Crippen molar-refractivity contribution in [3.8, 4) is 0 Å². The van der Waals surface area contributed by atoms with E-state index >= 15 is 0 Å². The van der Waals surface area contributed by atoms with Gasteiger partial charge in [0.05, 0.1) is 6.04 Å². The Hall–Kier alpha value is -0.437. The molecule has 1 aliphatic heterocycles. The molecule has 1 atom stereocenters. The summed E-state index contributed by atoms with van der Waals surface area (Å²) in [5, 5.41) is 5.90. The Bertz CT molecular complexity index is 304. The molecule has 0 bridgehead atoms. The maximum absolute atomic E-state index is 11.4. The molecule has 1 aromatic carbocycles.